The van der Waals surface area contributed by atoms with Gasteiger partial charge in [-0.05, 0) is 5.54 Å². The van der Waals surface area contributed by atoms with E-state index in [9.17, 15) is 30.7 Å². The maximum atomic E-state index is 13.2. The van der Waals surface area contributed by atoms with E-state index in [1.54, 1.807) is 0 Å². The van der Waals surface area contributed by atoms with Gasteiger partial charge in [0.1, 0.15) is 5.56 Å². The van der Waals surface area contributed by atoms with E-state index in [1.165, 1.54) is 6.92 Å². The highest BCUT2D eigenvalue weighted by Crippen LogP contribution is 2.38. The monoisotopic (exact) mass is 276 g/mol. The van der Waals surface area contributed by atoms with Crippen molar-refractivity contribution in [3.63, 3.8) is 0 Å². The molecule has 0 aliphatic carbocycles. The van der Waals surface area contributed by atoms with Gasteiger partial charge in [-0.25, -0.2) is 17.6 Å². The highest BCUT2D eigenvalue weighted by molar-refractivity contribution is 6.12. The van der Waals surface area contributed by atoms with E-state index in [2.05, 4.69) is 0 Å². The second kappa shape index (κ2) is 4.32. The fraction of sp³-hybridized carbons (Fsp3) is 0.333. The number of alkyl halides is 3. The smallest absolute Gasteiger partial charge is 0.203 e. The van der Waals surface area contributed by atoms with Gasteiger partial charge in [-0.1, -0.05) is 6.92 Å². The molecular weight excluding hydrogens is 269 g/mol. The zero-order valence-corrected chi connectivity index (χ0v) is 10.7. The molecule has 96 valence electrons. The van der Waals surface area contributed by atoms with Crippen molar-refractivity contribution in [1.29, 1.82) is 0 Å². The van der Waals surface area contributed by atoms with Crippen LogP contribution in [0.1, 0.15) is 23.6 Å². The predicted octanol–water partition coefficient (Wildman–Crippen LogP) is 2.69. The average Bonchev–Trinajstić information content (AvgIpc) is 2.12. The maximum absolute atomic E-state index is 13.2. The normalized spacial score (nSPS) is 14.1. The van der Waals surface area contributed by atoms with E-state index in [0.717, 1.165) is 0 Å². The van der Waals surface area contributed by atoms with Crippen LogP contribution in [0.5, 0.6) is 0 Å². The first-order chi connectivity index (χ1) is 7.59. The molecule has 0 nitrogen and oxygen atoms in total. The minimum atomic E-state index is -5.48. The predicted molar refractivity (Wildman–Crippen MR) is 49.6 cm³/mol. The Labute approximate surface area is 94.9 Å². The summed E-state index contributed by atoms with van der Waals surface area (Å²) in [4.78, 5) is 0. The van der Waals surface area contributed by atoms with Gasteiger partial charge >= 0.3 is 6.18 Å². The minimum absolute atomic E-state index is 0.142. The lowest BCUT2D eigenvalue weighted by Crippen LogP contribution is -2.18. The topological polar surface area (TPSA) is 0 Å². The van der Waals surface area contributed by atoms with Crippen molar-refractivity contribution >= 4 is 10.2 Å². The molecule has 0 fully saturated rings. The molecule has 0 bridgehead atoms. The Kier molecular flexibility index (Phi) is 3.56. The van der Waals surface area contributed by atoms with Crippen molar-refractivity contribution in [1.82, 2.24) is 0 Å². The molecule has 0 amide bonds. The molecule has 1 rings (SSSR count). The number of benzene rings is 1. The number of hydrogen-bond acceptors (Lipinski definition) is 0. The van der Waals surface area contributed by atoms with Crippen molar-refractivity contribution in [2.45, 2.75) is 18.6 Å². The molecule has 0 aliphatic heterocycles. The summed E-state index contributed by atoms with van der Waals surface area (Å²) in [5, 5.41) is 0. The van der Waals surface area contributed by atoms with Gasteiger partial charge in [0, 0.05) is 15.8 Å². The lowest BCUT2D eigenvalue weighted by Gasteiger charge is -2.15. The Balaban J connectivity index is 3.71. The molecule has 0 aromatic heterocycles. The van der Waals surface area contributed by atoms with E-state index < -0.39 is 46.1 Å². The first kappa shape index (κ1) is 14.0. The summed E-state index contributed by atoms with van der Waals surface area (Å²) < 4.78 is 89.2. The quantitative estimate of drug-likeness (QED) is 0.420. The highest BCUT2D eigenvalue weighted by Gasteiger charge is 2.42. The third-order valence-electron chi connectivity index (χ3n) is 2.16. The molecule has 1 atom stereocenters. The number of rotatable bonds is 1. The zero-order valence-electron chi connectivity index (χ0n) is 8.72. The van der Waals surface area contributed by atoms with Crippen molar-refractivity contribution in [2.75, 3.05) is 0 Å². The average molecular weight is 276 g/mol. The molecule has 0 saturated carbocycles. The molecule has 0 heterocycles. The summed E-state index contributed by atoms with van der Waals surface area (Å²) >= 11 is 0. The van der Waals surface area contributed by atoms with Crippen LogP contribution in [-0.2, 0) is 6.18 Å². The van der Waals surface area contributed by atoms with Crippen LogP contribution in [0.3, 0.4) is 0 Å². The highest BCUT2D eigenvalue weighted by atomic mass is 28.1. The molecule has 17 heavy (non-hydrogen) atoms. The molecule has 8 heteroatoms. The molecule has 1 aromatic rings. The Morgan fingerprint density at radius 1 is 0.882 bits per heavy atom. The Bertz CT molecular complexity index is 421. The van der Waals surface area contributed by atoms with E-state index in [0.29, 0.717) is 0 Å². The second-order valence-electron chi connectivity index (χ2n) is 3.70. The fourth-order valence-electron chi connectivity index (χ4n) is 1.40. The molecule has 0 radical (unpaired) electrons. The van der Waals surface area contributed by atoms with E-state index in [-0.39, 0.29) is 10.2 Å². The fourth-order valence-corrected chi connectivity index (χ4v) is 1.91. The molecule has 0 aliphatic rings. The van der Waals surface area contributed by atoms with Crippen LogP contribution in [0.25, 0.3) is 0 Å². The Morgan fingerprint density at radius 2 is 1.24 bits per heavy atom. The summed E-state index contributed by atoms with van der Waals surface area (Å²) in [7, 11) is 0.142. The van der Waals surface area contributed by atoms with Crippen LogP contribution in [0, 0.1) is 23.3 Å². The maximum Gasteiger partial charge on any atom is 0.422 e. The van der Waals surface area contributed by atoms with Gasteiger partial charge < -0.3 is 0 Å². The second-order valence-corrected chi connectivity index (χ2v) is 5.43. The third-order valence-corrected chi connectivity index (χ3v) is 2.74. The molecule has 0 saturated heterocycles. The molecule has 1 unspecified atom stereocenters. The number of halogens is 7. The van der Waals surface area contributed by atoms with Gasteiger partial charge in [0.2, 0.25) is 0 Å². The van der Waals surface area contributed by atoms with Crippen LogP contribution in [-0.4, -0.2) is 10.2 Å². The lowest BCUT2D eigenvalue weighted by molar-refractivity contribution is -0.143. The van der Waals surface area contributed by atoms with Crippen LogP contribution in [0.15, 0.2) is 0 Å². The van der Waals surface area contributed by atoms with Crippen molar-refractivity contribution < 1.29 is 30.7 Å². The van der Waals surface area contributed by atoms with E-state index in [4.69, 9.17) is 0 Å². The largest absolute Gasteiger partial charge is 0.422 e. The van der Waals surface area contributed by atoms with Crippen molar-refractivity contribution in [2.24, 2.45) is 0 Å². The van der Waals surface area contributed by atoms with Crippen LogP contribution in [0.2, 0.25) is 0 Å². The first-order valence-electron chi connectivity index (χ1n) is 4.52. The zero-order chi connectivity index (χ0) is 13.5. The van der Waals surface area contributed by atoms with Gasteiger partial charge in [0.15, 0.2) is 23.3 Å². The summed E-state index contributed by atoms with van der Waals surface area (Å²) in [6, 6.07) is 0. The minimum Gasteiger partial charge on any atom is -0.203 e. The van der Waals surface area contributed by atoms with E-state index in [1.807, 2.05) is 0 Å². The van der Waals surface area contributed by atoms with Crippen LogP contribution in [0.4, 0.5) is 30.7 Å². The van der Waals surface area contributed by atoms with Gasteiger partial charge in [0.05, 0.1) is 0 Å². The molecule has 1 aromatic carbocycles. The summed E-state index contributed by atoms with van der Waals surface area (Å²) in [6.45, 7) is 1.26. The third kappa shape index (κ3) is 2.31. The summed E-state index contributed by atoms with van der Waals surface area (Å²) in [6.07, 6.45) is -5.48. The standard InChI is InChI=1S/C9H7F7Si/c1-2(17)3-5(10)7(12)4(9(14,15)16)8(13)6(3)11/h2H,1,17H3. The van der Waals surface area contributed by atoms with Crippen molar-refractivity contribution in [3.05, 3.63) is 34.4 Å². The SMILES string of the molecule is CC([SiH3])c1c(F)c(F)c(C(F)(F)F)c(F)c1F. The van der Waals surface area contributed by atoms with Gasteiger partial charge in [-0.15, -0.1) is 0 Å². The Morgan fingerprint density at radius 3 is 1.47 bits per heavy atom. The first-order valence-corrected chi connectivity index (χ1v) is 5.67. The summed E-state index contributed by atoms with van der Waals surface area (Å²) in [5.74, 6) is -8.74. The van der Waals surface area contributed by atoms with Crippen molar-refractivity contribution in [3.8, 4) is 0 Å². The van der Waals surface area contributed by atoms with Crippen LogP contribution >= 0.6 is 0 Å². The van der Waals surface area contributed by atoms with Gasteiger partial charge in [-0.2, -0.15) is 13.2 Å². The van der Waals surface area contributed by atoms with Crippen LogP contribution < -0.4 is 0 Å². The van der Waals surface area contributed by atoms with Gasteiger partial charge in [0.25, 0.3) is 0 Å². The molecular formula is C9H7F7Si. The molecule has 0 spiro atoms. The lowest BCUT2D eigenvalue weighted by atomic mass is 10.1. The Hall–Kier alpha value is -1.05. The van der Waals surface area contributed by atoms with Gasteiger partial charge in [-0.3, -0.25) is 0 Å². The number of hydrogen-bond donors (Lipinski definition) is 0. The summed E-state index contributed by atoms with van der Waals surface area (Å²) in [5.41, 5.74) is -4.35. The van der Waals surface area contributed by atoms with E-state index >= 15 is 0 Å². The molecule has 0 N–H and O–H groups in total.